The van der Waals surface area contributed by atoms with Crippen molar-refractivity contribution in [3.05, 3.63) is 35.1 Å². The summed E-state index contributed by atoms with van der Waals surface area (Å²) < 4.78 is 5.40. The quantitative estimate of drug-likeness (QED) is 0.787. The number of nitrogens with zero attached hydrogens (tertiary/aromatic N) is 5. The molecule has 0 aromatic carbocycles. The van der Waals surface area contributed by atoms with Crippen molar-refractivity contribution in [3.8, 4) is 0 Å². The second-order valence-electron chi connectivity index (χ2n) is 10.1. The fraction of sp³-hybridized carbons (Fsp3) is 0.636. The third-order valence-electron chi connectivity index (χ3n) is 5.72. The average molecular weight is 398 g/mol. The second kappa shape index (κ2) is 7.20. The van der Waals surface area contributed by atoms with Gasteiger partial charge in [-0.2, -0.15) is 4.98 Å². The highest BCUT2D eigenvalue weighted by molar-refractivity contribution is 5.98. The van der Waals surface area contributed by atoms with Gasteiger partial charge in [-0.1, -0.05) is 39.8 Å². The van der Waals surface area contributed by atoms with E-state index in [1.807, 2.05) is 12.1 Å². The van der Waals surface area contributed by atoms with E-state index in [4.69, 9.17) is 9.51 Å². The molecule has 0 N–H and O–H groups in total. The molecule has 0 atom stereocenters. The fourth-order valence-electron chi connectivity index (χ4n) is 4.06. The number of carbonyl (C=O) groups excluding carboxylic acids is 1. The van der Waals surface area contributed by atoms with Gasteiger partial charge >= 0.3 is 0 Å². The lowest BCUT2D eigenvalue weighted by Crippen LogP contribution is -2.46. The van der Waals surface area contributed by atoms with Crippen molar-refractivity contribution in [2.45, 2.75) is 59.4 Å². The van der Waals surface area contributed by atoms with Crippen molar-refractivity contribution in [2.24, 2.45) is 5.41 Å². The van der Waals surface area contributed by atoms with Gasteiger partial charge in [0, 0.05) is 43.6 Å². The van der Waals surface area contributed by atoms with Gasteiger partial charge in [-0.3, -0.25) is 9.69 Å². The van der Waals surface area contributed by atoms with Gasteiger partial charge in [0.2, 0.25) is 5.89 Å². The minimum atomic E-state index is -0.127. The predicted octanol–water partition coefficient (Wildman–Crippen LogP) is 3.24. The van der Waals surface area contributed by atoms with Crippen molar-refractivity contribution < 1.29 is 9.32 Å². The zero-order chi connectivity index (χ0) is 20.8. The maximum atomic E-state index is 12.4. The number of pyridine rings is 1. The first-order valence-corrected chi connectivity index (χ1v) is 10.4. The summed E-state index contributed by atoms with van der Waals surface area (Å²) >= 11 is 0. The Morgan fingerprint density at radius 2 is 1.79 bits per heavy atom. The molecule has 7 nitrogen and oxygen atoms in total. The topological polar surface area (TPSA) is 75.4 Å². The SMILES string of the molecule is CC1(C)CC(=O)c2ccc(N3CCN(Cc4noc(C(C)(C)C)n4)CC3)nc2C1. The van der Waals surface area contributed by atoms with Crippen LogP contribution in [0.2, 0.25) is 0 Å². The molecule has 0 spiro atoms. The first-order chi connectivity index (χ1) is 13.6. The van der Waals surface area contributed by atoms with Gasteiger partial charge in [-0.05, 0) is 24.0 Å². The van der Waals surface area contributed by atoms with Crippen molar-refractivity contribution in [1.82, 2.24) is 20.0 Å². The van der Waals surface area contributed by atoms with Crippen LogP contribution in [0.1, 0.15) is 68.8 Å². The predicted molar refractivity (Wildman–Crippen MR) is 111 cm³/mol. The molecular weight excluding hydrogens is 366 g/mol. The van der Waals surface area contributed by atoms with Crippen molar-refractivity contribution in [2.75, 3.05) is 31.1 Å². The number of Topliss-reactive ketones (excluding diaryl/α,β-unsaturated/α-hetero) is 1. The highest BCUT2D eigenvalue weighted by atomic mass is 16.5. The Labute approximate surface area is 172 Å². The van der Waals surface area contributed by atoms with Crippen LogP contribution in [0.5, 0.6) is 0 Å². The van der Waals surface area contributed by atoms with Crippen LogP contribution in [0.25, 0.3) is 0 Å². The Morgan fingerprint density at radius 3 is 2.45 bits per heavy atom. The summed E-state index contributed by atoms with van der Waals surface area (Å²) in [6.07, 6.45) is 1.46. The molecule has 2 aromatic heterocycles. The lowest BCUT2D eigenvalue weighted by Gasteiger charge is -2.36. The van der Waals surface area contributed by atoms with Gasteiger partial charge in [-0.25, -0.2) is 4.98 Å². The number of aromatic nitrogens is 3. The molecule has 156 valence electrons. The normalized spacial score (nSPS) is 20.0. The van der Waals surface area contributed by atoms with Crippen LogP contribution in [-0.2, 0) is 18.4 Å². The number of hydrogen-bond acceptors (Lipinski definition) is 7. The summed E-state index contributed by atoms with van der Waals surface area (Å²) in [5.74, 6) is 2.62. The third-order valence-corrected chi connectivity index (χ3v) is 5.72. The van der Waals surface area contributed by atoms with Crippen LogP contribution >= 0.6 is 0 Å². The molecule has 4 rings (SSSR count). The number of rotatable bonds is 3. The Balaban J connectivity index is 1.39. The summed E-state index contributed by atoms with van der Waals surface area (Å²) in [5, 5.41) is 4.14. The average Bonchev–Trinajstić information content (AvgIpc) is 3.10. The molecule has 2 aliphatic rings. The van der Waals surface area contributed by atoms with Crippen molar-refractivity contribution >= 4 is 11.6 Å². The highest BCUT2D eigenvalue weighted by Crippen LogP contribution is 2.34. The molecule has 1 saturated heterocycles. The van der Waals surface area contributed by atoms with E-state index in [2.05, 4.69) is 54.6 Å². The van der Waals surface area contributed by atoms with E-state index in [-0.39, 0.29) is 16.6 Å². The van der Waals surface area contributed by atoms with Gasteiger partial charge in [0.05, 0.1) is 12.2 Å². The Kier molecular flexibility index (Phi) is 4.97. The molecule has 2 aromatic rings. The minimum absolute atomic E-state index is 0.00902. The van der Waals surface area contributed by atoms with E-state index in [9.17, 15) is 4.79 Å². The van der Waals surface area contributed by atoms with Crippen molar-refractivity contribution in [1.29, 1.82) is 0 Å². The van der Waals surface area contributed by atoms with Crippen LogP contribution in [-0.4, -0.2) is 52.0 Å². The van der Waals surface area contributed by atoms with Crippen LogP contribution < -0.4 is 4.90 Å². The number of carbonyl (C=O) groups is 1. The minimum Gasteiger partial charge on any atom is -0.354 e. The zero-order valence-electron chi connectivity index (χ0n) is 18.2. The van der Waals surface area contributed by atoms with E-state index < -0.39 is 0 Å². The van der Waals surface area contributed by atoms with Crippen LogP contribution in [0.15, 0.2) is 16.7 Å². The monoisotopic (exact) mass is 397 g/mol. The van der Waals surface area contributed by atoms with E-state index >= 15 is 0 Å². The summed E-state index contributed by atoms with van der Waals surface area (Å²) in [5.41, 5.74) is 1.62. The highest BCUT2D eigenvalue weighted by Gasteiger charge is 2.32. The molecule has 0 bridgehead atoms. The number of fused-ring (bicyclic) bond motifs is 1. The van der Waals surface area contributed by atoms with E-state index in [1.165, 1.54) is 0 Å². The van der Waals surface area contributed by atoms with Crippen molar-refractivity contribution in [3.63, 3.8) is 0 Å². The molecule has 0 unspecified atom stereocenters. The second-order valence-corrected chi connectivity index (χ2v) is 10.1. The van der Waals surface area contributed by atoms with Gasteiger partial charge in [-0.15, -0.1) is 0 Å². The number of anilines is 1. The number of ketones is 1. The van der Waals surface area contributed by atoms with Crippen LogP contribution in [0.4, 0.5) is 5.82 Å². The molecule has 1 aliphatic carbocycles. The van der Waals surface area contributed by atoms with Gasteiger partial charge in [0.15, 0.2) is 11.6 Å². The van der Waals surface area contributed by atoms with E-state index in [0.29, 0.717) is 18.9 Å². The Morgan fingerprint density at radius 1 is 1.07 bits per heavy atom. The maximum Gasteiger partial charge on any atom is 0.232 e. The molecule has 1 fully saturated rings. The number of hydrogen-bond donors (Lipinski definition) is 0. The van der Waals surface area contributed by atoms with Gasteiger partial charge in [0.1, 0.15) is 5.82 Å². The molecule has 1 aliphatic heterocycles. The summed E-state index contributed by atoms with van der Waals surface area (Å²) in [6.45, 7) is 14.8. The molecule has 0 saturated carbocycles. The lowest BCUT2D eigenvalue weighted by atomic mass is 9.76. The maximum absolute atomic E-state index is 12.4. The number of piperazine rings is 1. The van der Waals surface area contributed by atoms with Crippen LogP contribution in [0, 0.1) is 5.41 Å². The van der Waals surface area contributed by atoms with Gasteiger partial charge in [0.25, 0.3) is 0 Å². The molecule has 0 amide bonds. The van der Waals surface area contributed by atoms with Gasteiger partial charge < -0.3 is 9.42 Å². The zero-order valence-corrected chi connectivity index (χ0v) is 18.2. The largest absolute Gasteiger partial charge is 0.354 e. The summed E-state index contributed by atoms with van der Waals surface area (Å²) in [7, 11) is 0. The molecular formula is C22H31N5O2. The summed E-state index contributed by atoms with van der Waals surface area (Å²) in [4.78, 5) is 26.5. The molecule has 7 heteroatoms. The standard InChI is InChI=1S/C22H31N5O2/c1-21(2,3)20-24-18(25-29-20)14-26-8-10-27(11-9-26)19-7-6-15-16(23-19)12-22(4,5)13-17(15)28/h6-7H,8-14H2,1-5H3. The molecule has 0 radical (unpaired) electrons. The first-order valence-electron chi connectivity index (χ1n) is 10.4. The fourth-order valence-corrected chi connectivity index (χ4v) is 4.06. The first kappa shape index (κ1) is 20.0. The Bertz CT molecular complexity index is 904. The van der Waals surface area contributed by atoms with E-state index in [1.54, 1.807) is 0 Å². The van der Waals surface area contributed by atoms with Crippen LogP contribution in [0.3, 0.4) is 0 Å². The molecule has 3 heterocycles. The lowest BCUT2D eigenvalue weighted by molar-refractivity contribution is 0.0910. The van der Waals surface area contributed by atoms with E-state index in [0.717, 1.165) is 55.5 Å². The Hall–Kier alpha value is -2.28. The summed E-state index contributed by atoms with van der Waals surface area (Å²) in [6, 6.07) is 3.97. The smallest absolute Gasteiger partial charge is 0.232 e. The third kappa shape index (κ3) is 4.34. The molecule has 29 heavy (non-hydrogen) atoms.